The van der Waals surface area contributed by atoms with Crippen LogP contribution in [0.1, 0.15) is 43.2 Å². The molecule has 21 heavy (non-hydrogen) atoms. The van der Waals surface area contributed by atoms with Gasteiger partial charge in [0.2, 0.25) is 5.91 Å². The Hall–Kier alpha value is -1.30. The predicted octanol–water partition coefficient (Wildman–Crippen LogP) is 2.81. The topological polar surface area (TPSA) is 62.6 Å². The van der Waals surface area contributed by atoms with Gasteiger partial charge in [-0.15, -0.1) is 0 Å². The van der Waals surface area contributed by atoms with Gasteiger partial charge in [0, 0.05) is 13.1 Å². The molecule has 1 aliphatic rings. The van der Waals surface area contributed by atoms with Gasteiger partial charge in [-0.3, -0.25) is 9.59 Å². The van der Waals surface area contributed by atoms with E-state index in [9.17, 15) is 9.59 Å². The molecule has 1 fully saturated rings. The highest BCUT2D eigenvalue weighted by atomic mass is 79.9. The average Bonchev–Trinajstić information content (AvgIpc) is 2.87. The van der Waals surface area contributed by atoms with E-state index in [0.29, 0.717) is 4.67 Å². The number of furan rings is 1. The van der Waals surface area contributed by atoms with E-state index in [2.05, 4.69) is 28.2 Å². The minimum atomic E-state index is -0.298. The molecule has 1 aliphatic carbocycles. The second-order valence-corrected chi connectivity index (χ2v) is 6.57. The molecule has 0 spiro atoms. The van der Waals surface area contributed by atoms with Crippen LogP contribution in [0.2, 0.25) is 0 Å². The lowest BCUT2D eigenvalue weighted by Gasteiger charge is -2.27. The molecule has 1 saturated carbocycles. The quantitative estimate of drug-likeness (QED) is 0.901. The molecule has 1 heterocycles. The van der Waals surface area contributed by atoms with Crippen LogP contribution in [0.4, 0.5) is 0 Å². The van der Waals surface area contributed by atoms with Crippen molar-refractivity contribution in [3.63, 3.8) is 0 Å². The van der Waals surface area contributed by atoms with Crippen LogP contribution in [0.5, 0.6) is 0 Å². The Morgan fingerprint density at radius 1 is 1.33 bits per heavy atom. The molecule has 0 atom stereocenters. The van der Waals surface area contributed by atoms with Crippen molar-refractivity contribution in [1.82, 2.24) is 10.2 Å². The second-order valence-electron chi connectivity index (χ2n) is 5.79. The highest BCUT2D eigenvalue weighted by molar-refractivity contribution is 9.10. The summed E-state index contributed by atoms with van der Waals surface area (Å²) in [7, 11) is 1.60. The highest BCUT2D eigenvalue weighted by Crippen LogP contribution is 2.23. The molecule has 2 amide bonds. The van der Waals surface area contributed by atoms with E-state index < -0.39 is 0 Å². The van der Waals surface area contributed by atoms with E-state index in [0.717, 1.165) is 31.6 Å². The first-order valence-corrected chi connectivity index (χ1v) is 8.05. The molecule has 0 unspecified atom stereocenters. The number of hydrogen-bond acceptors (Lipinski definition) is 3. The lowest BCUT2D eigenvalue weighted by atomic mass is 9.87. The lowest BCUT2D eigenvalue weighted by Crippen LogP contribution is -2.43. The van der Waals surface area contributed by atoms with E-state index in [1.54, 1.807) is 19.2 Å². The zero-order chi connectivity index (χ0) is 15.4. The SMILES string of the molecule is CC1CCC(NC(=O)CN(C)C(=O)c2ccc(Br)o2)CC1. The maximum atomic E-state index is 12.1. The van der Waals surface area contributed by atoms with Gasteiger partial charge in [0.05, 0.1) is 6.54 Å². The Morgan fingerprint density at radius 3 is 2.57 bits per heavy atom. The summed E-state index contributed by atoms with van der Waals surface area (Å²) in [5, 5.41) is 3.01. The molecule has 0 bridgehead atoms. The summed E-state index contributed by atoms with van der Waals surface area (Å²) in [4.78, 5) is 25.4. The van der Waals surface area contributed by atoms with E-state index in [-0.39, 0.29) is 30.2 Å². The van der Waals surface area contributed by atoms with Gasteiger partial charge in [0.1, 0.15) is 0 Å². The standard InChI is InChI=1S/C15H21BrN2O3/c1-10-3-5-11(6-4-10)17-14(19)9-18(2)15(20)12-7-8-13(16)21-12/h7-8,10-11H,3-6,9H2,1-2H3,(H,17,19). The third-order valence-corrected chi connectivity index (χ3v) is 4.32. The number of hydrogen-bond donors (Lipinski definition) is 1. The van der Waals surface area contributed by atoms with Crippen molar-refractivity contribution in [3.05, 3.63) is 22.6 Å². The van der Waals surface area contributed by atoms with Crippen molar-refractivity contribution < 1.29 is 14.0 Å². The maximum Gasteiger partial charge on any atom is 0.289 e. The normalized spacial score (nSPS) is 21.9. The van der Waals surface area contributed by atoms with Crippen LogP contribution < -0.4 is 5.32 Å². The van der Waals surface area contributed by atoms with Crippen LogP contribution in [0.3, 0.4) is 0 Å². The molecule has 1 aromatic heterocycles. The van der Waals surface area contributed by atoms with Crippen LogP contribution in [0.15, 0.2) is 21.2 Å². The van der Waals surface area contributed by atoms with E-state index in [4.69, 9.17) is 4.42 Å². The summed E-state index contributed by atoms with van der Waals surface area (Å²) >= 11 is 3.15. The number of nitrogens with zero attached hydrogens (tertiary/aromatic N) is 1. The summed E-state index contributed by atoms with van der Waals surface area (Å²) in [5.41, 5.74) is 0. The first kappa shape index (κ1) is 16.1. The van der Waals surface area contributed by atoms with E-state index in [1.807, 2.05) is 0 Å². The largest absolute Gasteiger partial charge is 0.444 e. The van der Waals surface area contributed by atoms with Crippen molar-refractivity contribution in [3.8, 4) is 0 Å². The molecular weight excluding hydrogens is 336 g/mol. The Balaban J connectivity index is 1.80. The third-order valence-electron chi connectivity index (χ3n) is 3.89. The number of likely N-dealkylation sites (N-methyl/N-ethyl adjacent to an activating group) is 1. The molecule has 0 radical (unpaired) electrons. The Morgan fingerprint density at radius 2 is 2.00 bits per heavy atom. The smallest absolute Gasteiger partial charge is 0.289 e. The molecular formula is C15H21BrN2O3. The monoisotopic (exact) mass is 356 g/mol. The van der Waals surface area contributed by atoms with Crippen molar-refractivity contribution in [1.29, 1.82) is 0 Å². The van der Waals surface area contributed by atoms with Gasteiger partial charge in [0.15, 0.2) is 10.4 Å². The molecule has 1 N–H and O–H groups in total. The fourth-order valence-electron chi connectivity index (χ4n) is 2.58. The van der Waals surface area contributed by atoms with Gasteiger partial charge in [-0.1, -0.05) is 6.92 Å². The first-order chi connectivity index (χ1) is 9.95. The molecule has 116 valence electrons. The number of halogens is 1. The van der Waals surface area contributed by atoms with Gasteiger partial charge in [0.25, 0.3) is 5.91 Å². The lowest BCUT2D eigenvalue weighted by molar-refractivity contribution is -0.122. The zero-order valence-electron chi connectivity index (χ0n) is 12.4. The first-order valence-electron chi connectivity index (χ1n) is 7.26. The van der Waals surface area contributed by atoms with Crippen LogP contribution >= 0.6 is 15.9 Å². The fraction of sp³-hybridized carbons (Fsp3) is 0.600. The number of nitrogens with one attached hydrogen (secondary N) is 1. The summed E-state index contributed by atoms with van der Waals surface area (Å²) in [6.07, 6.45) is 4.35. The third kappa shape index (κ3) is 4.59. The number of amides is 2. The van der Waals surface area contributed by atoms with Gasteiger partial charge in [-0.2, -0.15) is 0 Å². The molecule has 0 aromatic carbocycles. The van der Waals surface area contributed by atoms with Crippen LogP contribution in [0.25, 0.3) is 0 Å². The average molecular weight is 357 g/mol. The maximum absolute atomic E-state index is 12.1. The van der Waals surface area contributed by atoms with Crippen LogP contribution in [-0.4, -0.2) is 36.3 Å². The fourth-order valence-corrected chi connectivity index (χ4v) is 2.89. The van der Waals surface area contributed by atoms with E-state index in [1.165, 1.54) is 4.90 Å². The highest BCUT2D eigenvalue weighted by Gasteiger charge is 2.22. The van der Waals surface area contributed by atoms with Crippen molar-refractivity contribution >= 4 is 27.7 Å². The molecule has 5 nitrogen and oxygen atoms in total. The van der Waals surface area contributed by atoms with Crippen molar-refractivity contribution in [2.75, 3.05) is 13.6 Å². The Kier molecular flexibility index (Phi) is 5.45. The van der Waals surface area contributed by atoms with Gasteiger partial charge >= 0.3 is 0 Å². The molecule has 0 saturated heterocycles. The van der Waals surface area contributed by atoms with Crippen LogP contribution in [0, 0.1) is 5.92 Å². The van der Waals surface area contributed by atoms with Gasteiger partial charge in [-0.25, -0.2) is 0 Å². The summed E-state index contributed by atoms with van der Waals surface area (Å²) in [6, 6.07) is 3.49. The molecule has 0 aliphatic heterocycles. The number of rotatable bonds is 4. The minimum Gasteiger partial charge on any atom is -0.444 e. The predicted molar refractivity (Wildman–Crippen MR) is 82.9 cm³/mol. The Bertz CT molecular complexity index is 507. The van der Waals surface area contributed by atoms with Gasteiger partial charge < -0.3 is 14.6 Å². The minimum absolute atomic E-state index is 0.0448. The molecule has 6 heteroatoms. The second kappa shape index (κ2) is 7.11. The number of carbonyl (C=O) groups excluding carboxylic acids is 2. The van der Waals surface area contributed by atoms with Gasteiger partial charge in [-0.05, 0) is 59.7 Å². The molecule has 2 rings (SSSR count). The number of carbonyl (C=O) groups is 2. The van der Waals surface area contributed by atoms with Crippen molar-refractivity contribution in [2.24, 2.45) is 5.92 Å². The summed E-state index contributed by atoms with van der Waals surface area (Å²) < 4.78 is 5.70. The summed E-state index contributed by atoms with van der Waals surface area (Å²) in [5.74, 6) is 0.563. The van der Waals surface area contributed by atoms with Crippen molar-refractivity contribution in [2.45, 2.75) is 38.6 Å². The molecule has 1 aromatic rings. The summed E-state index contributed by atoms with van der Waals surface area (Å²) in [6.45, 7) is 2.29. The van der Waals surface area contributed by atoms with E-state index >= 15 is 0 Å². The van der Waals surface area contributed by atoms with Crippen LogP contribution in [-0.2, 0) is 4.79 Å². The zero-order valence-corrected chi connectivity index (χ0v) is 14.0. The Labute approximate surface area is 133 Å².